The number of nitrogens with one attached hydrogen (secondary N) is 1. The third-order valence-corrected chi connectivity index (χ3v) is 6.20. The van der Waals surface area contributed by atoms with Crippen molar-refractivity contribution in [2.24, 2.45) is 0 Å². The molecule has 1 heterocycles. The van der Waals surface area contributed by atoms with Crippen molar-refractivity contribution in [3.05, 3.63) is 48.0 Å². The molecule has 1 aliphatic rings. The number of carbonyl (C=O) groups is 1. The van der Waals surface area contributed by atoms with Gasteiger partial charge in [-0.1, -0.05) is 6.07 Å². The Kier molecular flexibility index (Phi) is 5.67. The van der Waals surface area contributed by atoms with Crippen LogP contribution in [0.1, 0.15) is 12.0 Å². The van der Waals surface area contributed by atoms with Crippen molar-refractivity contribution in [3.63, 3.8) is 0 Å². The first kappa shape index (κ1) is 19.2. The molecule has 7 nitrogen and oxygen atoms in total. The molecule has 0 bridgehead atoms. The summed E-state index contributed by atoms with van der Waals surface area (Å²) in [6, 6.07) is 11.6. The van der Waals surface area contributed by atoms with Gasteiger partial charge in [0.15, 0.2) is 0 Å². The molecule has 1 aliphatic heterocycles. The Balaban J connectivity index is 1.95. The van der Waals surface area contributed by atoms with Gasteiger partial charge in [-0.15, -0.1) is 0 Å². The number of anilines is 2. The van der Waals surface area contributed by atoms with Crippen LogP contribution in [0.2, 0.25) is 0 Å². The third kappa shape index (κ3) is 4.06. The number of aryl methyl sites for hydroxylation is 1. The molecule has 0 fully saturated rings. The molecule has 0 spiro atoms. The maximum atomic E-state index is 13.2. The molecular weight excluding hydrogens is 368 g/mol. The van der Waals surface area contributed by atoms with Crippen LogP contribution in [-0.4, -0.2) is 41.7 Å². The summed E-state index contributed by atoms with van der Waals surface area (Å²) in [5.74, 6) is 0.300. The van der Waals surface area contributed by atoms with Crippen LogP contribution in [0.3, 0.4) is 0 Å². The quantitative estimate of drug-likeness (QED) is 0.819. The summed E-state index contributed by atoms with van der Waals surface area (Å²) in [5.41, 5.74) is 2.06. The number of rotatable bonds is 6. The number of hydrogen-bond donors (Lipinski definition) is 1. The van der Waals surface area contributed by atoms with E-state index in [0.717, 1.165) is 18.4 Å². The Hall–Kier alpha value is -2.58. The molecule has 2 aromatic carbocycles. The van der Waals surface area contributed by atoms with Gasteiger partial charge in [-0.2, -0.15) is 0 Å². The molecule has 2 aromatic rings. The molecule has 0 aromatic heterocycles. The van der Waals surface area contributed by atoms with Crippen molar-refractivity contribution in [3.8, 4) is 5.75 Å². The van der Waals surface area contributed by atoms with Gasteiger partial charge < -0.3 is 14.8 Å². The third-order valence-electron chi connectivity index (χ3n) is 4.37. The first-order chi connectivity index (χ1) is 13.0. The van der Waals surface area contributed by atoms with Gasteiger partial charge in [-0.05, 0) is 54.8 Å². The molecule has 27 heavy (non-hydrogen) atoms. The van der Waals surface area contributed by atoms with Gasteiger partial charge in [0, 0.05) is 19.3 Å². The van der Waals surface area contributed by atoms with Crippen LogP contribution in [0, 0.1) is 0 Å². The van der Waals surface area contributed by atoms with E-state index < -0.39 is 10.0 Å². The van der Waals surface area contributed by atoms with Crippen LogP contribution in [0.5, 0.6) is 5.75 Å². The topological polar surface area (TPSA) is 84.9 Å². The van der Waals surface area contributed by atoms with Crippen LogP contribution in [-0.2, 0) is 26.0 Å². The lowest BCUT2D eigenvalue weighted by molar-refractivity contribution is -0.119. The molecule has 0 aliphatic carbocycles. The Labute approximate surface area is 158 Å². The summed E-state index contributed by atoms with van der Waals surface area (Å²) < 4.78 is 37.6. The Morgan fingerprint density at radius 1 is 1.15 bits per heavy atom. The molecule has 0 radical (unpaired) electrons. The summed E-state index contributed by atoms with van der Waals surface area (Å²) in [7, 11) is -0.744. The summed E-state index contributed by atoms with van der Waals surface area (Å²) in [5, 5.41) is 2.72. The highest BCUT2D eigenvalue weighted by Gasteiger charge is 2.29. The fraction of sp³-hybridized carbons (Fsp3) is 0.316. The molecule has 0 atom stereocenters. The van der Waals surface area contributed by atoms with Gasteiger partial charge in [-0.3, -0.25) is 9.10 Å². The Morgan fingerprint density at radius 2 is 1.89 bits per heavy atom. The van der Waals surface area contributed by atoms with Gasteiger partial charge in [-0.25, -0.2) is 8.42 Å². The molecule has 0 saturated carbocycles. The SMILES string of the molecule is COCC(=O)Nc1ccc2c(c1)N(S(=O)(=O)c1ccc(OC)cc1)CCC2. The van der Waals surface area contributed by atoms with Gasteiger partial charge >= 0.3 is 0 Å². The van der Waals surface area contributed by atoms with Crippen molar-refractivity contribution in [1.82, 2.24) is 0 Å². The summed E-state index contributed by atoms with van der Waals surface area (Å²) in [6.07, 6.45) is 1.52. The molecule has 0 saturated heterocycles. The van der Waals surface area contributed by atoms with Crippen molar-refractivity contribution < 1.29 is 22.7 Å². The Morgan fingerprint density at radius 3 is 2.56 bits per heavy atom. The lowest BCUT2D eigenvalue weighted by Crippen LogP contribution is -2.35. The molecule has 8 heteroatoms. The fourth-order valence-electron chi connectivity index (χ4n) is 3.07. The zero-order valence-corrected chi connectivity index (χ0v) is 16.1. The maximum absolute atomic E-state index is 13.2. The number of ether oxygens (including phenoxy) is 2. The minimum Gasteiger partial charge on any atom is -0.497 e. The zero-order valence-electron chi connectivity index (χ0n) is 15.3. The summed E-state index contributed by atoms with van der Waals surface area (Å²) in [4.78, 5) is 12.0. The maximum Gasteiger partial charge on any atom is 0.264 e. The van der Waals surface area contributed by atoms with E-state index in [-0.39, 0.29) is 17.4 Å². The lowest BCUT2D eigenvalue weighted by Gasteiger charge is -2.31. The van der Waals surface area contributed by atoms with Crippen molar-refractivity contribution in [1.29, 1.82) is 0 Å². The zero-order chi connectivity index (χ0) is 19.4. The highest BCUT2D eigenvalue weighted by molar-refractivity contribution is 7.92. The standard InChI is InChI=1S/C19H22N2O5S/c1-25-13-19(22)20-15-6-5-14-4-3-11-21(18(14)12-15)27(23,24)17-9-7-16(26-2)8-10-17/h5-10,12H,3-4,11,13H2,1-2H3,(H,20,22). The summed E-state index contributed by atoms with van der Waals surface area (Å²) >= 11 is 0. The van der Waals surface area contributed by atoms with Crippen LogP contribution in [0.15, 0.2) is 47.4 Å². The molecule has 1 N–H and O–H groups in total. The van der Waals surface area contributed by atoms with E-state index in [1.54, 1.807) is 24.3 Å². The van der Waals surface area contributed by atoms with E-state index in [2.05, 4.69) is 5.32 Å². The fourth-order valence-corrected chi connectivity index (χ4v) is 4.60. The second kappa shape index (κ2) is 7.98. The van der Waals surface area contributed by atoms with Crippen LogP contribution < -0.4 is 14.4 Å². The van der Waals surface area contributed by atoms with Gasteiger partial charge in [0.1, 0.15) is 12.4 Å². The summed E-state index contributed by atoms with van der Waals surface area (Å²) in [6.45, 7) is 0.321. The minimum absolute atomic E-state index is 0.0645. The first-order valence-corrected chi connectivity index (χ1v) is 9.98. The van der Waals surface area contributed by atoms with Gasteiger partial charge in [0.2, 0.25) is 5.91 Å². The van der Waals surface area contributed by atoms with E-state index in [1.165, 1.54) is 30.7 Å². The molecular formula is C19H22N2O5S. The van der Waals surface area contributed by atoms with Crippen molar-refractivity contribution >= 4 is 27.3 Å². The number of sulfonamides is 1. The number of hydrogen-bond acceptors (Lipinski definition) is 5. The lowest BCUT2D eigenvalue weighted by atomic mass is 10.0. The number of amides is 1. The van der Waals surface area contributed by atoms with E-state index in [4.69, 9.17) is 9.47 Å². The highest BCUT2D eigenvalue weighted by atomic mass is 32.2. The second-order valence-corrected chi connectivity index (χ2v) is 8.04. The largest absolute Gasteiger partial charge is 0.497 e. The van der Waals surface area contributed by atoms with Crippen LogP contribution in [0.4, 0.5) is 11.4 Å². The first-order valence-electron chi connectivity index (χ1n) is 8.54. The average Bonchev–Trinajstić information content (AvgIpc) is 2.67. The van der Waals surface area contributed by atoms with E-state index in [0.29, 0.717) is 23.7 Å². The van der Waals surface area contributed by atoms with E-state index in [9.17, 15) is 13.2 Å². The number of nitrogens with zero attached hydrogens (tertiary/aromatic N) is 1. The highest BCUT2D eigenvalue weighted by Crippen LogP contribution is 2.34. The normalized spacial score (nSPS) is 13.8. The van der Waals surface area contributed by atoms with E-state index >= 15 is 0 Å². The Bertz CT molecular complexity index is 926. The van der Waals surface area contributed by atoms with Crippen molar-refractivity contribution in [2.75, 3.05) is 37.0 Å². The van der Waals surface area contributed by atoms with Crippen LogP contribution >= 0.6 is 0 Å². The number of fused-ring (bicyclic) bond motifs is 1. The van der Waals surface area contributed by atoms with Crippen molar-refractivity contribution in [2.45, 2.75) is 17.7 Å². The number of benzene rings is 2. The van der Waals surface area contributed by atoms with Crippen LogP contribution in [0.25, 0.3) is 0 Å². The predicted molar refractivity (Wildman–Crippen MR) is 103 cm³/mol. The van der Waals surface area contributed by atoms with E-state index in [1.807, 2.05) is 6.07 Å². The predicted octanol–water partition coefficient (Wildman–Crippen LogP) is 2.42. The minimum atomic E-state index is -3.72. The molecule has 0 unspecified atom stereocenters. The molecule has 144 valence electrons. The average molecular weight is 390 g/mol. The number of methoxy groups -OCH3 is 2. The molecule has 3 rings (SSSR count). The van der Waals surface area contributed by atoms with Gasteiger partial charge in [0.05, 0.1) is 17.7 Å². The number of carbonyl (C=O) groups excluding carboxylic acids is 1. The monoisotopic (exact) mass is 390 g/mol. The second-order valence-electron chi connectivity index (χ2n) is 6.18. The van der Waals surface area contributed by atoms with Gasteiger partial charge in [0.25, 0.3) is 10.0 Å². The molecule has 1 amide bonds. The smallest absolute Gasteiger partial charge is 0.264 e.